The zero-order valence-electron chi connectivity index (χ0n) is 19.1. The zero-order chi connectivity index (χ0) is 24.2. The third kappa shape index (κ3) is 4.89. The number of fused-ring (bicyclic) bond motifs is 2. The van der Waals surface area contributed by atoms with Gasteiger partial charge in [-0.1, -0.05) is 18.2 Å². The minimum atomic E-state index is -0.515. The topological polar surface area (TPSA) is 104 Å². The summed E-state index contributed by atoms with van der Waals surface area (Å²) < 4.78 is 17.6. The monoisotopic (exact) mass is 472 g/mol. The molecule has 5 rings (SSSR count). The van der Waals surface area contributed by atoms with E-state index in [9.17, 15) is 9.59 Å². The highest BCUT2D eigenvalue weighted by Gasteiger charge is 2.15. The van der Waals surface area contributed by atoms with E-state index < -0.39 is 5.69 Å². The molecule has 0 unspecified atom stereocenters. The smallest absolute Gasteiger partial charge is 0.350 e. The number of nitrogens with zero attached hydrogens (tertiary/aromatic N) is 2. The highest BCUT2D eigenvalue weighted by atomic mass is 16.7. The Morgan fingerprint density at radius 2 is 1.86 bits per heavy atom. The molecule has 0 aliphatic carbocycles. The Hall–Kier alpha value is -4.53. The molecule has 0 atom stereocenters. The van der Waals surface area contributed by atoms with Crippen LogP contribution >= 0.6 is 0 Å². The SMILES string of the molecule is CCOc1ccc(NC(=O)Cn2c(=O)nc(NCc3ccc4c(c3)OCO4)c3ccccc32)cc1. The van der Waals surface area contributed by atoms with Crippen LogP contribution in [0.25, 0.3) is 10.9 Å². The summed E-state index contributed by atoms with van der Waals surface area (Å²) in [7, 11) is 0. The van der Waals surface area contributed by atoms with E-state index in [0.717, 1.165) is 16.7 Å². The summed E-state index contributed by atoms with van der Waals surface area (Å²) in [6.07, 6.45) is 0. The van der Waals surface area contributed by atoms with Gasteiger partial charge in [-0.05, 0) is 61.0 Å². The Morgan fingerprint density at radius 1 is 1.06 bits per heavy atom. The fourth-order valence-electron chi connectivity index (χ4n) is 3.90. The van der Waals surface area contributed by atoms with Crippen molar-refractivity contribution in [2.24, 2.45) is 0 Å². The van der Waals surface area contributed by atoms with E-state index in [4.69, 9.17) is 14.2 Å². The average Bonchev–Trinajstić information content (AvgIpc) is 3.34. The van der Waals surface area contributed by atoms with Crippen molar-refractivity contribution >= 4 is 28.3 Å². The quantitative estimate of drug-likeness (QED) is 0.402. The van der Waals surface area contributed by atoms with Gasteiger partial charge >= 0.3 is 5.69 Å². The summed E-state index contributed by atoms with van der Waals surface area (Å²) in [5.41, 5.74) is 1.67. The molecule has 2 N–H and O–H groups in total. The molecule has 35 heavy (non-hydrogen) atoms. The van der Waals surface area contributed by atoms with E-state index in [2.05, 4.69) is 15.6 Å². The zero-order valence-corrected chi connectivity index (χ0v) is 19.1. The van der Waals surface area contributed by atoms with E-state index >= 15 is 0 Å². The van der Waals surface area contributed by atoms with Crippen LogP contribution in [0.15, 0.2) is 71.5 Å². The molecule has 0 bridgehead atoms. The maximum atomic E-state index is 12.9. The van der Waals surface area contributed by atoms with Gasteiger partial charge in [-0.3, -0.25) is 9.36 Å². The van der Waals surface area contributed by atoms with Crippen molar-refractivity contribution in [3.63, 3.8) is 0 Å². The number of carbonyl (C=O) groups is 1. The predicted octanol–water partition coefficient (Wildman–Crippen LogP) is 3.77. The maximum Gasteiger partial charge on any atom is 0.350 e. The molecule has 0 saturated heterocycles. The first-order valence-corrected chi connectivity index (χ1v) is 11.3. The van der Waals surface area contributed by atoms with Gasteiger partial charge in [-0.2, -0.15) is 4.98 Å². The fraction of sp³-hybridized carbons (Fsp3) is 0.192. The Balaban J connectivity index is 1.34. The number of carbonyl (C=O) groups excluding carboxylic acids is 1. The molecular formula is C26H24N4O5. The summed E-state index contributed by atoms with van der Waals surface area (Å²) in [5, 5.41) is 6.79. The lowest BCUT2D eigenvalue weighted by Crippen LogP contribution is -2.30. The van der Waals surface area contributed by atoms with E-state index in [1.807, 2.05) is 43.3 Å². The van der Waals surface area contributed by atoms with Crippen LogP contribution in [-0.4, -0.2) is 28.9 Å². The third-order valence-electron chi connectivity index (χ3n) is 5.54. The molecule has 1 amide bonds. The number of rotatable bonds is 8. The molecule has 9 nitrogen and oxygen atoms in total. The average molecular weight is 473 g/mol. The van der Waals surface area contributed by atoms with Crippen molar-refractivity contribution < 1.29 is 19.0 Å². The number of hydrogen-bond acceptors (Lipinski definition) is 7. The summed E-state index contributed by atoms with van der Waals surface area (Å²) in [6.45, 7) is 2.96. The van der Waals surface area contributed by atoms with Gasteiger partial charge in [0.2, 0.25) is 12.7 Å². The molecule has 1 aromatic heterocycles. The van der Waals surface area contributed by atoms with Gasteiger partial charge in [0.1, 0.15) is 18.1 Å². The highest BCUT2D eigenvalue weighted by molar-refractivity contribution is 5.93. The Kier molecular flexibility index (Phi) is 6.21. The molecule has 1 aliphatic heterocycles. The second-order valence-electron chi connectivity index (χ2n) is 7.89. The van der Waals surface area contributed by atoms with Crippen LogP contribution < -0.4 is 30.5 Å². The molecule has 0 radical (unpaired) electrons. The number of anilines is 2. The van der Waals surface area contributed by atoms with E-state index in [0.29, 0.717) is 41.7 Å². The molecule has 9 heteroatoms. The summed E-state index contributed by atoms with van der Waals surface area (Å²) in [5.74, 6) is 2.25. The van der Waals surface area contributed by atoms with Gasteiger partial charge in [0, 0.05) is 17.6 Å². The Labute approximate surface area is 201 Å². The minimum absolute atomic E-state index is 0.165. The number of amides is 1. The van der Waals surface area contributed by atoms with Gasteiger partial charge in [0.05, 0.1) is 12.1 Å². The van der Waals surface area contributed by atoms with Gasteiger partial charge in [-0.15, -0.1) is 0 Å². The van der Waals surface area contributed by atoms with Crippen LogP contribution in [-0.2, 0) is 17.9 Å². The van der Waals surface area contributed by atoms with Gasteiger partial charge in [-0.25, -0.2) is 4.79 Å². The standard InChI is InChI=1S/C26H24N4O5/c1-2-33-19-10-8-18(9-11-19)28-24(31)15-30-21-6-4-3-5-20(21)25(29-26(30)32)27-14-17-7-12-22-23(13-17)35-16-34-22/h3-13H,2,14-16H2,1H3,(H,28,31)(H,27,29,32). The highest BCUT2D eigenvalue weighted by Crippen LogP contribution is 2.32. The van der Waals surface area contributed by atoms with Gasteiger partial charge < -0.3 is 24.8 Å². The van der Waals surface area contributed by atoms with Crippen molar-refractivity contribution in [1.29, 1.82) is 0 Å². The van der Waals surface area contributed by atoms with Crippen LogP contribution in [0.4, 0.5) is 11.5 Å². The Bertz CT molecular complexity index is 1430. The van der Waals surface area contributed by atoms with E-state index in [-0.39, 0.29) is 19.2 Å². The maximum absolute atomic E-state index is 12.9. The molecular weight excluding hydrogens is 448 g/mol. The number of para-hydroxylation sites is 1. The predicted molar refractivity (Wildman–Crippen MR) is 132 cm³/mol. The summed E-state index contributed by atoms with van der Waals surface area (Å²) >= 11 is 0. The first kappa shape index (κ1) is 22.3. The number of nitrogens with one attached hydrogen (secondary N) is 2. The fourth-order valence-corrected chi connectivity index (χ4v) is 3.90. The van der Waals surface area contributed by atoms with E-state index in [1.165, 1.54) is 4.57 Å². The lowest BCUT2D eigenvalue weighted by atomic mass is 10.2. The largest absolute Gasteiger partial charge is 0.494 e. The van der Waals surface area contributed by atoms with Crippen molar-refractivity contribution in [1.82, 2.24) is 9.55 Å². The van der Waals surface area contributed by atoms with Gasteiger partial charge in [0.25, 0.3) is 0 Å². The Morgan fingerprint density at radius 3 is 2.69 bits per heavy atom. The lowest BCUT2D eigenvalue weighted by Gasteiger charge is -2.14. The number of ether oxygens (including phenoxy) is 3. The molecule has 178 valence electrons. The second-order valence-corrected chi connectivity index (χ2v) is 7.89. The molecule has 2 heterocycles. The molecule has 1 aliphatic rings. The molecule has 0 saturated carbocycles. The summed E-state index contributed by atoms with van der Waals surface area (Å²) in [6, 6.07) is 20.1. The lowest BCUT2D eigenvalue weighted by molar-refractivity contribution is -0.116. The van der Waals surface area contributed by atoms with Crippen molar-refractivity contribution in [3.8, 4) is 17.2 Å². The van der Waals surface area contributed by atoms with Gasteiger partial charge in [0.15, 0.2) is 11.5 Å². The number of aromatic nitrogens is 2. The molecule has 3 aromatic carbocycles. The van der Waals surface area contributed by atoms with Crippen LogP contribution in [0, 0.1) is 0 Å². The normalized spacial score (nSPS) is 11.9. The second kappa shape index (κ2) is 9.76. The first-order chi connectivity index (χ1) is 17.1. The van der Waals surface area contributed by atoms with Crippen LogP contribution in [0.3, 0.4) is 0 Å². The summed E-state index contributed by atoms with van der Waals surface area (Å²) in [4.78, 5) is 29.8. The molecule has 4 aromatic rings. The van der Waals surface area contributed by atoms with Crippen molar-refractivity contribution in [3.05, 3.63) is 82.8 Å². The van der Waals surface area contributed by atoms with E-state index in [1.54, 1.807) is 30.3 Å². The minimum Gasteiger partial charge on any atom is -0.494 e. The third-order valence-corrected chi connectivity index (χ3v) is 5.54. The number of benzene rings is 3. The van der Waals surface area contributed by atoms with Crippen molar-refractivity contribution in [2.45, 2.75) is 20.0 Å². The van der Waals surface area contributed by atoms with Crippen LogP contribution in [0.5, 0.6) is 17.2 Å². The van der Waals surface area contributed by atoms with Crippen LogP contribution in [0.2, 0.25) is 0 Å². The van der Waals surface area contributed by atoms with Crippen molar-refractivity contribution in [2.75, 3.05) is 24.0 Å². The first-order valence-electron chi connectivity index (χ1n) is 11.3. The number of hydrogen-bond donors (Lipinski definition) is 2. The van der Waals surface area contributed by atoms with Crippen LogP contribution in [0.1, 0.15) is 12.5 Å². The molecule has 0 fully saturated rings. The molecule has 0 spiro atoms.